The highest BCUT2D eigenvalue weighted by Crippen LogP contribution is 2.32. The standard InChI is InChI=1S/C18H15FN6O/c1-9-16-13(25-18(20)22-9)6-12(24-17(16)26)10-4-2-3-5-11(10)14-7-21-8-15(19)23-14/h2-5,7-8,12H,6H2,1H3,(H,24,26)(H2,20,22,25)/i19-1. The van der Waals surface area contributed by atoms with Crippen molar-refractivity contribution in [3.05, 3.63) is 65.1 Å². The molecule has 1 atom stereocenters. The fraction of sp³-hybridized carbons (Fsp3) is 0.167. The summed E-state index contributed by atoms with van der Waals surface area (Å²) in [6.07, 6.45) is 2.99. The van der Waals surface area contributed by atoms with E-state index in [9.17, 15) is 9.18 Å². The van der Waals surface area contributed by atoms with E-state index in [1.807, 2.05) is 24.3 Å². The van der Waals surface area contributed by atoms with E-state index in [0.29, 0.717) is 34.6 Å². The molecule has 1 amide bonds. The quantitative estimate of drug-likeness (QED) is 0.733. The molecule has 8 heteroatoms. The molecule has 1 aromatic carbocycles. The van der Waals surface area contributed by atoms with E-state index < -0.39 is 5.95 Å². The lowest BCUT2D eigenvalue weighted by Gasteiger charge is -2.27. The Bertz CT molecular complexity index is 1020. The summed E-state index contributed by atoms with van der Waals surface area (Å²) < 4.78 is 13.5. The highest BCUT2D eigenvalue weighted by molar-refractivity contribution is 5.98. The fourth-order valence-corrected chi connectivity index (χ4v) is 3.27. The molecular weight excluding hydrogens is 334 g/mol. The smallest absolute Gasteiger partial charge is 0.255 e. The largest absolute Gasteiger partial charge is 0.368 e. The van der Waals surface area contributed by atoms with Gasteiger partial charge in [0.25, 0.3) is 5.91 Å². The number of hydrogen-bond acceptors (Lipinski definition) is 6. The fourth-order valence-electron chi connectivity index (χ4n) is 3.27. The summed E-state index contributed by atoms with van der Waals surface area (Å²) in [5.41, 5.74) is 9.25. The van der Waals surface area contributed by atoms with Crippen LogP contribution in [0.1, 0.15) is 33.4 Å². The molecule has 0 aliphatic carbocycles. The number of aromatic nitrogens is 4. The molecule has 3 N–H and O–H groups in total. The van der Waals surface area contributed by atoms with Crippen molar-refractivity contribution in [3.8, 4) is 11.3 Å². The molecule has 3 heterocycles. The van der Waals surface area contributed by atoms with E-state index in [2.05, 4.69) is 25.3 Å². The van der Waals surface area contributed by atoms with Crippen molar-refractivity contribution in [1.29, 1.82) is 0 Å². The first-order chi connectivity index (χ1) is 12.5. The minimum atomic E-state index is -0.661. The molecular formula is C18H15FN6O. The van der Waals surface area contributed by atoms with E-state index in [1.165, 1.54) is 6.20 Å². The van der Waals surface area contributed by atoms with Crippen molar-refractivity contribution in [2.45, 2.75) is 19.4 Å². The highest BCUT2D eigenvalue weighted by Gasteiger charge is 2.30. The minimum absolute atomic E-state index is 0.138. The van der Waals surface area contributed by atoms with Crippen molar-refractivity contribution in [3.63, 3.8) is 0 Å². The summed E-state index contributed by atoms with van der Waals surface area (Å²) in [5.74, 6) is -0.778. The number of benzene rings is 1. The average molecular weight is 349 g/mol. The average Bonchev–Trinajstić information content (AvgIpc) is 2.60. The number of nitrogens with zero attached hydrogens (tertiary/aromatic N) is 4. The van der Waals surface area contributed by atoms with Crippen LogP contribution in [-0.2, 0) is 6.42 Å². The first-order valence-corrected chi connectivity index (χ1v) is 8.03. The summed E-state index contributed by atoms with van der Waals surface area (Å²) in [5, 5.41) is 2.97. The van der Waals surface area contributed by atoms with Gasteiger partial charge in [0, 0.05) is 12.0 Å². The van der Waals surface area contributed by atoms with Crippen molar-refractivity contribution in [2.75, 3.05) is 5.73 Å². The van der Waals surface area contributed by atoms with Gasteiger partial charge in [0.2, 0.25) is 11.9 Å². The summed E-state index contributed by atoms with van der Waals surface area (Å²) >= 11 is 0. The van der Waals surface area contributed by atoms with Gasteiger partial charge in [-0.2, -0.15) is 4.39 Å². The molecule has 0 bridgehead atoms. The lowest BCUT2D eigenvalue weighted by molar-refractivity contribution is 0.0922. The van der Waals surface area contributed by atoms with Crippen LogP contribution >= 0.6 is 0 Å². The Morgan fingerprint density at radius 1 is 1.19 bits per heavy atom. The van der Waals surface area contributed by atoms with Crippen molar-refractivity contribution < 1.29 is 9.18 Å². The van der Waals surface area contributed by atoms with Crippen LogP contribution in [0.25, 0.3) is 11.3 Å². The molecule has 2 aromatic heterocycles. The van der Waals surface area contributed by atoms with Crippen LogP contribution in [0.4, 0.5) is 10.3 Å². The molecule has 0 radical (unpaired) electrons. The lowest BCUT2D eigenvalue weighted by atomic mass is 9.90. The van der Waals surface area contributed by atoms with Gasteiger partial charge in [0.05, 0.1) is 41.1 Å². The van der Waals surface area contributed by atoms with Crippen LogP contribution in [-0.4, -0.2) is 25.8 Å². The van der Waals surface area contributed by atoms with Crippen LogP contribution in [0.2, 0.25) is 0 Å². The van der Waals surface area contributed by atoms with E-state index in [0.717, 1.165) is 11.8 Å². The first kappa shape index (κ1) is 16.1. The molecule has 26 heavy (non-hydrogen) atoms. The number of hydrogen-bond donors (Lipinski definition) is 2. The molecule has 7 nitrogen and oxygen atoms in total. The number of nitrogen functional groups attached to an aromatic ring is 1. The Hall–Kier alpha value is -3.42. The Kier molecular flexibility index (Phi) is 3.80. The number of rotatable bonds is 2. The van der Waals surface area contributed by atoms with Crippen molar-refractivity contribution in [2.24, 2.45) is 0 Å². The van der Waals surface area contributed by atoms with Gasteiger partial charge in [-0.05, 0) is 12.5 Å². The third-order valence-electron chi connectivity index (χ3n) is 4.33. The predicted molar refractivity (Wildman–Crippen MR) is 92.5 cm³/mol. The minimum Gasteiger partial charge on any atom is -0.368 e. The van der Waals surface area contributed by atoms with Crippen molar-refractivity contribution in [1.82, 2.24) is 25.3 Å². The number of anilines is 1. The van der Waals surface area contributed by atoms with E-state index in [-0.39, 0.29) is 17.9 Å². The molecule has 0 saturated carbocycles. The van der Waals surface area contributed by atoms with Gasteiger partial charge in [-0.25, -0.2) is 15.0 Å². The predicted octanol–water partition coefficient (Wildman–Crippen LogP) is 1.99. The van der Waals surface area contributed by atoms with E-state index in [1.54, 1.807) is 6.92 Å². The normalized spacial score (nSPS) is 16.1. The molecule has 130 valence electrons. The molecule has 1 aliphatic rings. The van der Waals surface area contributed by atoms with E-state index in [4.69, 9.17) is 5.73 Å². The lowest BCUT2D eigenvalue weighted by Crippen LogP contribution is -2.37. The van der Waals surface area contributed by atoms with Crippen LogP contribution < -0.4 is 11.1 Å². The van der Waals surface area contributed by atoms with Gasteiger partial charge in [-0.15, -0.1) is 0 Å². The second-order valence-electron chi connectivity index (χ2n) is 6.03. The Morgan fingerprint density at radius 2 is 2.00 bits per heavy atom. The van der Waals surface area contributed by atoms with Gasteiger partial charge in [-0.3, -0.25) is 9.78 Å². The number of carbonyl (C=O) groups excluding carboxylic acids is 1. The SMILES string of the molecule is Cc1nc(N)nc2c1C(=O)NC(c1ccccc1-c1cncc([18F])n1)C2. The second kappa shape index (κ2) is 6.14. The maximum atomic E-state index is 13.5. The number of aryl methyl sites for hydroxylation is 1. The number of carbonyl (C=O) groups is 1. The zero-order valence-electron chi connectivity index (χ0n) is 13.9. The Morgan fingerprint density at radius 3 is 2.81 bits per heavy atom. The maximum Gasteiger partial charge on any atom is 0.255 e. The summed E-state index contributed by atoms with van der Waals surface area (Å²) in [6.45, 7) is 1.73. The number of nitrogens with one attached hydrogen (secondary N) is 1. The monoisotopic (exact) mass is 349 g/mol. The Balaban J connectivity index is 1.79. The topological polar surface area (TPSA) is 107 Å². The van der Waals surface area contributed by atoms with Crippen LogP contribution in [0, 0.1) is 12.9 Å². The number of amides is 1. The van der Waals surface area contributed by atoms with Gasteiger partial charge in [0.15, 0.2) is 0 Å². The van der Waals surface area contributed by atoms with Crippen LogP contribution in [0.3, 0.4) is 0 Å². The first-order valence-electron chi connectivity index (χ1n) is 8.03. The molecule has 3 aromatic rings. The molecule has 1 aliphatic heterocycles. The van der Waals surface area contributed by atoms with Crippen LogP contribution in [0.5, 0.6) is 0 Å². The van der Waals surface area contributed by atoms with Gasteiger partial charge in [0.1, 0.15) is 0 Å². The Labute approximate surface area is 148 Å². The summed E-state index contributed by atoms with van der Waals surface area (Å²) in [4.78, 5) is 28.6. The zero-order valence-corrected chi connectivity index (χ0v) is 13.9. The summed E-state index contributed by atoms with van der Waals surface area (Å²) in [6, 6.07) is 7.03. The third kappa shape index (κ3) is 2.75. The number of nitrogens with two attached hydrogens (primary N) is 1. The van der Waals surface area contributed by atoms with Gasteiger partial charge < -0.3 is 11.1 Å². The van der Waals surface area contributed by atoms with E-state index >= 15 is 0 Å². The molecule has 0 saturated heterocycles. The molecule has 0 fully saturated rings. The number of halogens is 1. The molecule has 4 rings (SSSR count). The van der Waals surface area contributed by atoms with Gasteiger partial charge in [-0.1, -0.05) is 24.3 Å². The third-order valence-corrected chi connectivity index (χ3v) is 4.33. The van der Waals surface area contributed by atoms with Gasteiger partial charge >= 0.3 is 0 Å². The second-order valence-corrected chi connectivity index (χ2v) is 6.03. The van der Waals surface area contributed by atoms with Crippen LogP contribution in [0.15, 0.2) is 36.7 Å². The zero-order chi connectivity index (χ0) is 18.3. The molecule has 1 unspecified atom stereocenters. The summed E-state index contributed by atoms with van der Waals surface area (Å²) in [7, 11) is 0. The molecule has 0 spiro atoms. The highest BCUT2D eigenvalue weighted by atomic mass is 18.2. The maximum absolute atomic E-state index is 13.5. The number of fused-ring (bicyclic) bond motifs is 1. The van der Waals surface area contributed by atoms with Crippen molar-refractivity contribution >= 4 is 11.9 Å².